The molecular formula is C24H25N3O2S2. The van der Waals surface area contributed by atoms with Crippen molar-refractivity contribution in [1.82, 2.24) is 10.3 Å². The first-order chi connectivity index (χ1) is 15.2. The van der Waals surface area contributed by atoms with Crippen molar-refractivity contribution < 1.29 is 9.59 Å². The molecule has 2 amide bonds. The van der Waals surface area contributed by atoms with Crippen molar-refractivity contribution in [2.75, 3.05) is 11.1 Å². The van der Waals surface area contributed by atoms with Crippen LogP contribution >= 0.6 is 23.1 Å². The number of benzene rings is 2. The minimum absolute atomic E-state index is 0.0141. The van der Waals surface area contributed by atoms with Crippen LogP contribution in [0.2, 0.25) is 0 Å². The van der Waals surface area contributed by atoms with E-state index in [-0.39, 0.29) is 11.8 Å². The Labute approximate surface area is 190 Å². The molecule has 7 heteroatoms. The van der Waals surface area contributed by atoms with Crippen LogP contribution in [0.15, 0.2) is 65.0 Å². The van der Waals surface area contributed by atoms with Gasteiger partial charge in [-0.1, -0.05) is 83.8 Å². The lowest BCUT2D eigenvalue weighted by molar-refractivity contribution is -0.118. The topological polar surface area (TPSA) is 71.1 Å². The van der Waals surface area contributed by atoms with Gasteiger partial charge in [-0.2, -0.15) is 0 Å². The summed E-state index contributed by atoms with van der Waals surface area (Å²) in [5.74, 6) is 0.359. The van der Waals surface area contributed by atoms with Gasteiger partial charge in [0.05, 0.1) is 5.75 Å². The van der Waals surface area contributed by atoms with E-state index in [1.54, 1.807) is 0 Å². The fourth-order valence-electron chi connectivity index (χ4n) is 3.15. The molecule has 0 atom stereocenters. The van der Waals surface area contributed by atoms with Crippen LogP contribution in [-0.2, 0) is 16.0 Å². The lowest BCUT2D eigenvalue weighted by atomic mass is 10.1. The highest BCUT2D eigenvalue weighted by Crippen LogP contribution is 2.37. The molecule has 31 heavy (non-hydrogen) atoms. The summed E-state index contributed by atoms with van der Waals surface area (Å²) < 4.78 is 0.782. The van der Waals surface area contributed by atoms with Gasteiger partial charge in [-0.3, -0.25) is 9.59 Å². The number of rotatable bonds is 10. The fourth-order valence-corrected chi connectivity index (χ4v) is 5.04. The Morgan fingerprint density at radius 1 is 1.00 bits per heavy atom. The van der Waals surface area contributed by atoms with E-state index in [0.29, 0.717) is 18.2 Å². The second kappa shape index (κ2) is 10.6. The van der Waals surface area contributed by atoms with Crippen LogP contribution < -0.4 is 10.6 Å². The summed E-state index contributed by atoms with van der Waals surface area (Å²) in [6.45, 7) is 0. The molecule has 4 rings (SSSR count). The highest BCUT2D eigenvalue weighted by Gasteiger charge is 2.23. The molecule has 0 aliphatic heterocycles. The molecule has 0 bridgehead atoms. The van der Waals surface area contributed by atoms with Crippen LogP contribution in [-0.4, -0.2) is 28.6 Å². The van der Waals surface area contributed by atoms with Gasteiger partial charge in [0.1, 0.15) is 10.7 Å². The monoisotopic (exact) mass is 451 g/mol. The second-order valence-electron chi connectivity index (χ2n) is 7.54. The smallest absolute Gasteiger partial charge is 0.230 e. The van der Waals surface area contributed by atoms with Crippen molar-refractivity contribution in [2.24, 2.45) is 0 Å². The number of anilines is 1. The van der Waals surface area contributed by atoms with E-state index in [1.165, 1.54) is 28.7 Å². The van der Waals surface area contributed by atoms with E-state index < -0.39 is 0 Å². The maximum atomic E-state index is 12.6. The minimum atomic E-state index is -0.0141. The third kappa shape index (κ3) is 6.67. The van der Waals surface area contributed by atoms with Crippen LogP contribution in [0, 0.1) is 0 Å². The Bertz CT molecular complexity index is 1020. The van der Waals surface area contributed by atoms with Crippen molar-refractivity contribution in [3.05, 3.63) is 66.2 Å². The number of amides is 2. The second-order valence-corrected chi connectivity index (χ2v) is 9.76. The molecule has 1 aliphatic carbocycles. The van der Waals surface area contributed by atoms with Gasteiger partial charge in [0.2, 0.25) is 11.8 Å². The molecule has 0 spiro atoms. The van der Waals surface area contributed by atoms with E-state index in [1.807, 2.05) is 48.5 Å². The van der Waals surface area contributed by atoms with Crippen LogP contribution in [0.4, 0.5) is 5.00 Å². The van der Waals surface area contributed by atoms with E-state index in [2.05, 4.69) is 22.8 Å². The summed E-state index contributed by atoms with van der Waals surface area (Å²) in [7, 11) is 0. The number of nitrogens with one attached hydrogen (secondary N) is 2. The first-order valence-electron chi connectivity index (χ1n) is 10.5. The van der Waals surface area contributed by atoms with Gasteiger partial charge in [0.25, 0.3) is 0 Å². The standard InChI is InChI=1S/C24H25N3O2S2/c28-20(13-7-10-17-8-3-1-4-9-17)26-23-22(18-11-5-2-6-12-18)27-24(31-23)30-16-21(29)25-19-14-15-19/h1-6,8-9,11-12,19H,7,10,13-16H2,(H,25,29)(H,26,28). The first kappa shape index (κ1) is 21.6. The average molecular weight is 452 g/mol. The first-order valence-corrected chi connectivity index (χ1v) is 12.3. The SMILES string of the molecule is O=C(CCCc1ccccc1)Nc1sc(SCC(=O)NC2CC2)nc1-c1ccccc1. The summed E-state index contributed by atoms with van der Waals surface area (Å²) in [5, 5.41) is 6.78. The fraction of sp³-hybridized carbons (Fsp3) is 0.292. The van der Waals surface area contributed by atoms with Crippen molar-refractivity contribution >= 4 is 39.9 Å². The number of thiazole rings is 1. The number of aromatic nitrogens is 1. The Balaban J connectivity index is 1.38. The number of thioether (sulfide) groups is 1. The van der Waals surface area contributed by atoms with Gasteiger partial charge < -0.3 is 10.6 Å². The zero-order valence-electron chi connectivity index (χ0n) is 17.2. The molecule has 2 aromatic carbocycles. The van der Waals surface area contributed by atoms with Gasteiger partial charge in [0, 0.05) is 18.0 Å². The van der Waals surface area contributed by atoms with E-state index in [9.17, 15) is 9.59 Å². The molecule has 1 aromatic heterocycles. The Morgan fingerprint density at radius 2 is 1.71 bits per heavy atom. The van der Waals surface area contributed by atoms with E-state index in [0.717, 1.165) is 46.3 Å². The van der Waals surface area contributed by atoms with E-state index in [4.69, 9.17) is 4.98 Å². The third-order valence-corrected chi connectivity index (χ3v) is 7.00. The molecule has 1 aliphatic rings. The number of carbonyl (C=O) groups excluding carboxylic acids is 2. The van der Waals surface area contributed by atoms with Gasteiger partial charge >= 0.3 is 0 Å². The lowest BCUT2D eigenvalue weighted by Crippen LogP contribution is -2.26. The van der Waals surface area contributed by atoms with Gasteiger partial charge in [-0.25, -0.2) is 4.98 Å². The van der Waals surface area contributed by atoms with Crippen molar-refractivity contribution in [3.8, 4) is 11.3 Å². The van der Waals surface area contributed by atoms with Gasteiger partial charge in [0.15, 0.2) is 4.34 Å². The Morgan fingerprint density at radius 3 is 2.42 bits per heavy atom. The summed E-state index contributed by atoms with van der Waals surface area (Å²) >= 11 is 2.84. The van der Waals surface area contributed by atoms with Crippen LogP contribution in [0.25, 0.3) is 11.3 Å². The summed E-state index contributed by atoms with van der Waals surface area (Å²) in [5.41, 5.74) is 2.95. The van der Waals surface area contributed by atoms with Crippen LogP contribution in [0.5, 0.6) is 0 Å². The molecule has 0 unspecified atom stereocenters. The number of carbonyl (C=O) groups is 2. The molecular weight excluding hydrogens is 426 g/mol. The van der Waals surface area contributed by atoms with Gasteiger partial charge in [-0.05, 0) is 31.2 Å². The third-order valence-electron chi connectivity index (χ3n) is 4.89. The zero-order valence-corrected chi connectivity index (χ0v) is 18.8. The maximum Gasteiger partial charge on any atom is 0.230 e. The van der Waals surface area contributed by atoms with E-state index >= 15 is 0 Å². The molecule has 2 N–H and O–H groups in total. The highest BCUT2D eigenvalue weighted by atomic mass is 32.2. The number of aryl methyl sites for hydroxylation is 1. The number of nitrogens with zero attached hydrogens (tertiary/aromatic N) is 1. The summed E-state index contributed by atoms with van der Waals surface area (Å²) in [6.07, 6.45) is 4.27. The van der Waals surface area contributed by atoms with Gasteiger partial charge in [-0.15, -0.1) is 0 Å². The quantitative estimate of drug-likeness (QED) is 0.419. The highest BCUT2D eigenvalue weighted by molar-refractivity contribution is 8.01. The lowest BCUT2D eigenvalue weighted by Gasteiger charge is -2.05. The molecule has 160 valence electrons. The number of hydrogen-bond acceptors (Lipinski definition) is 5. The largest absolute Gasteiger partial charge is 0.353 e. The molecule has 1 saturated carbocycles. The molecule has 0 saturated heterocycles. The van der Waals surface area contributed by atoms with Crippen molar-refractivity contribution in [2.45, 2.75) is 42.5 Å². The molecule has 3 aromatic rings. The van der Waals surface area contributed by atoms with Crippen molar-refractivity contribution in [3.63, 3.8) is 0 Å². The zero-order chi connectivity index (χ0) is 21.5. The number of hydrogen-bond donors (Lipinski definition) is 2. The van der Waals surface area contributed by atoms with Crippen LogP contribution in [0.3, 0.4) is 0 Å². The maximum absolute atomic E-state index is 12.6. The summed E-state index contributed by atoms with van der Waals surface area (Å²) in [6, 6.07) is 20.4. The molecule has 1 fully saturated rings. The Kier molecular flexibility index (Phi) is 7.38. The molecule has 5 nitrogen and oxygen atoms in total. The summed E-state index contributed by atoms with van der Waals surface area (Å²) in [4.78, 5) is 29.3. The minimum Gasteiger partial charge on any atom is -0.353 e. The predicted molar refractivity (Wildman–Crippen MR) is 127 cm³/mol. The molecule has 0 radical (unpaired) electrons. The van der Waals surface area contributed by atoms with Crippen LogP contribution in [0.1, 0.15) is 31.2 Å². The predicted octanol–water partition coefficient (Wildman–Crippen LogP) is 5.14. The molecule has 1 heterocycles. The normalized spacial score (nSPS) is 13.0. The average Bonchev–Trinajstić information content (AvgIpc) is 3.51. The Hall–Kier alpha value is -2.64. The van der Waals surface area contributed by atoms with Crippen molar-refractivity contribution in [1.29, 1.82) is 0 Å².